The van der Waals surface area contributed by atoms with E-state index in [9.17, 15) is 9.59 Å². The second-order valence-electron chi connectivity index (χ2n) is 7.71. The van der Waals surface area contributed by atoms with E-state index >= 15 is 0 Å². The van der Waals surface area contributed by atoms with E-state index in [1.807, 2.05) is 48.2 Å². The summed E-state index contributed by atoms with van der Waals surface area (Å²) < 4.78 is 4.90. The lowest BCUT2D eigenvalue weighted by molar-refractivity contribution is 0.0599. The Morgan fingerprint density at radius 1 is 1.09 bits per heavy atom. The molecule has 1 aliphatic heterocycles. The maximum absolute atomic E-state index is 13.2. The highest BCUT2D eigenvalue weighted by atomic mass is 16.5. The van der Waals surface area contributed by atoms with Crippen molar-refractivity contribution in [3.63, 3.8) is 0 Å². The van der Waals surface area contributed by atoms with Gasteiger partial charge in [0.1, 0.15) is 11.5 Å². The molecule has 8 heteroatoms. The van der Waals surface area contributed by atoms with Crippen LogP contribution >= 0.6 is 0 Å². The number of ether oxygens (including phenoxy) is 1. The highest BCUT2D eigenvalue weighted by molar-refractivity contribution is 6.00. The van der Waals surface area contributed by atoms with Crippen molar-refractivity contribution in [2.45, 2.75) is 20.3 Å². The normalized spacial score (nSPS) is 13.8. The predicted octanol–water partition coefficient (Wildman–Crippen LogP) is 3.09. The molecule has 0 bridgehead atoms. The number of nitrogens with zero attached hydrogens (tertiary/aromatic N) is 4. The van der Waals surface area contributed by atoms with E-state index in [0.717, 1.165) is 17.1 Å². The van der Waals surface area contributed by atoms with Crippen LogP contribution in [-0.4, -0.2) is 65.0 Å². The van der Waals surface area contributed by atoms with Crippen LogP contribution in [0.3, 0.4) is 0 Å². The third kappa shape index (κ3) is 4.08. The predicted molar refractivity (Wildman–Crippen MR) is 122 cm³/mol. The zero-order valence-electron chi connectivity index (χ0n) is 18.6. The largest absolute Gasteiger partial charge is 0.465 e. The molecule has 0 saturated carbocycles. The molecule has 0 radical (unpaired) electrons. The molecular formula is C24H27N5O3. The highest BCUT2D eigenvalue weighted by Crippen LogP contribution is 2.23. The minimum atomic E-state index is -0.419. The van der Waals surface area contributed by atoms with Gasteiger partial charge in [-0.05, 0) is 25.0 Å². The number of rotatable bonds is 5. The maximum atomic E-state index is 13.2. The number of esters is 1. The van der Waals surface area contributed by atoms with Gasteiger partial charge in [-0.2, -0.15) is 0 Å². The van der Waals surface area contributed by atoms with E-state index in [1.165, 1.54) is 7.11 Å². The Morgan fingerprint density at radius 2 is 1.81 bits per heavy atom. The number of carbonyl (C=O) groups excluding carboxylic acids is 2. The lowest BCUT2D eigenvalue weighted by Gasteiger charge is -2.35. The Bertz CT molecular complexity index is 1120. The molecule has 4 rings (SSSR count). The minimum absolute atomic E-state index is 0.0975. The maximum Gasteiger partial charge on any atom is 0.339 e. The average Bonchev–Trinajstić information content (AvgIpc) is 3.20. The summed E-state index contributed by atoms with van der Waals surface area (Å²) in [4.78, 5) is 41.6. The van der Waals surface area contributed by atoms with E-state index in [4.69, 9.17) is 9.72 Å². The van der Waals surface area contributed by atoms with Crippen LogP contribution in [0.25, 0.3) is 11.4 Å². The van der Waals surface area contributed by atoms with E-state index in [1.54, 1.807) is 13.1 Å². The minimum Gasteiger partial charge on any atom is -0.465 e. The number of hydrogen-bond donors (Lipinski definition) is 1. The van der Waals surface area contributed by atoms with Crippen LogP contribution in [0, 0.1) is 6.92 Å². The molecular weight excluding hydrogens is 406 g/mol. The van der Waals surface area contributed by atoms with Crippen LogP contribution in [0.2, 0.25) is 0 Å². The molecule has 166 valence electrons. The summed E-state index contributed by atoms with van der Waals surface area (Å²) in [6.45, 7) is 6.20. The smallest absolute Gasteiger partial charge is 0.339 e. The fraction of sp³-hybridized carbons (Fsp3) is 0.333. The quantitative estimate of drug-likeness (QED) is 0.622. The van der Waals surface area contributed by atoms with Gasteiger partial charge in [0.2, 0.25) is 0 Å². The van der Waals surface area contributed by atoms with Crippen molar-refractivity contribution in [2.75, 3.05) is 38.2 Å². The molecule has 1 N–H and O–H groups in total. The Hall–Kier alpha value is -3.68. The monoisotopic (exact) mass is 433 g/mol. The Kier molecular flexibility index (Phi) is 6.20. The van der Waals surface area contributed by atoms with Crippen LogP contribution in [0.1, 0.15) is 39.0 Å². The molecule has 0 unspecified atom stereocenters. The number of benzene rings is 1. The van der Waals surface area contributed by atoms with Gasteiger partial charge in [0.25, 0.3) is 5.91 Å². The first-order chi connectivity index (χ1) is 15.5. The molecule has 3 aromatic rings. The van der Waals surface area contributed by atoms with Gasteiger partial charge in [0, 0.05) is 43.6 Å². The number of carbonyl (C=O) groups is 2. The van der Waals surface area contributed by atoms with Crippen LogP contribution in [0.5, 0.6) is 0 Å². The van der Waals surface area contributed by atoms with E-state index < -0.39 is 5.97 Å². The number of nitrogens with one attached hydrogen (secondary N) is 1. The SMILES string of the molecule is CCc1[nH]c(C(=O)N2CCN(c3ccnc(-c4ccccc4)n3)CC2)c(C)c1C(=O)OC. The highest BCUT2D eigenvalue weighted by Gasteiger charge is 2.29. The standard InChI is InChI=1S/C24H27N5O3/c1-4-18-20(24(31)32-3)16(2)21(26-18)23(30)29-14-12-28(13-15-29)19-10-11-25-22(27-19)17-8-6-5-7-9-17/h5-11,26H,4,12-15H2,1-3H3. The third-order valence-corrected chi connectivity index (χ3v) is 5.85. The number of anilines is 1. The van der Waals surface area contributed by atoms with Crippen molar-refractivity contribution in [3.05, 3.63) is 65.1 Å². The van der Waals surface area contributed by atoms with Crippen LogP contribution < -0.4 is 4.90 Å². The number of aromatic amines is 1. The van der Waals surface area contributed by atoms with Crippen LogP contribution in [-0.2, 0) is 11.2 Å². The Morgan fingerprint density at radius 3 is 2.47 bits per heavy atom. The van der Waals surface area contributed by atoms with Crippen molar-refractivity contribution < 1.29 is 14.3 Å². The number of methoxy groups -OCH3 is 1. The fourth-order valence-corrected chi connectivity index (χ4v) is 4.06. The summed E-state index contributed by atoms with van der Waals surface area (Å²) in [5.74, 6) is 1.02. The van der Waals surface area contributed by atoms with Gasteiger partial charge < -0.3 is 19.5 Å². The summed E-state index contributed by atoms with van der Waals surface area (Å²) in [5, 5.41) is 0. The van der Waals surface area contributed by atoms with Gasteiger partial charge in [-0.1, -0.05) is 37.3 Å². The number of hydrogen-bond acceptors (Lipinski definition) is 6. The van der Waals surface area contributed by atoms with Gasteiger partial charge in [-0.25, -0.2) is 14.8 Å². The first kappa shape index (κ1) is 21.5. The average molecular weight is 434 g/mol. The van der Waals surface area contributed by atoms with Gasteiger partial charge in [-0.3, -0.25) is 4.79 Å². The van der Waals surface area contributed by atoms with E-state index in [2.05, 4.69) is 14.9 Å². The van der Waals surface area contributed by atoms with Gasteiger partial charge in [-0.15, -0.1) is 0 Å². The second-order valence-corrected chi connectivity index (χ2v) is 7.71. The van der Waals surface area contributed by atoms with Crippen molar-refractivity contribution in [3.8, 4) is 11.4 Å². The number of H-pyrrole nitrogens is 1. The topological polar surface area (TPSA) is 91.4 Å². The molecule has 8 nitrogen and oxygen atoms in total. The molecule has 1 amide bonds. The molecule has 0 atom stereocenters. The number of aryl methyl sites for hydroxylation is 1. The number of aromatic nitrogens is 3. The van der Waals surface area contributed by atoms with Crippen molar-refractivity contribution in [1.82, 2.24) is 19.9 Å². The second kappa shape index (κ2) is 9.21. The van der Waals surface area contributed by atoms with Crippen LogP contribution in [0.4, 0.5) is 5.82 Å². The molecule has 1 fully saturated rings. The van der Waals surface area contributed by atoms with Gasteiger partial charge in [0.15, 0.2) is 5.82 Å². The summed E-state index contributed by atoms with van der Waals surface area (Å²) in [6, 6.07) is 11.8. The fourth-order valence-electron chi connectivity index (χ4n) is 4.06. The zero-order valence-corrected chi connectivity index (χ0v) is 18.6. The zero-order chi connectivity index (χ0) is 22.7. The lowest BCUT2D eigenvalue weighted by Crippen LogP contribution is -2.49. The molecule has 3 heterocycles. The third-order valence-electron chi connectivity index (χ3n) is 5.85. The Balaban J connectivity index is 1.47. The molecule has 1 aliphatic rings. The summed E-state index contributed by atoms with van der Waals surface area (Å²) in [7, 11) is 1.35. The first-order valence-corrected chi connectivity index (χ1v) is 10.8. The van der Waals surface area contributed by atoms with Crippen LogP contribution in [0.15, 0.2) is 42.6 Å². The van der Waals surface area contributed by atoms with Crippen molar-refractivity contribution in [1.29, 1.82) is 0 Å². The first-order valence-electron chi connectivity index (χ1n) is 10.8. The Labute approximate surface area is 187 Å². The van der Waals surface area contributed by atoms with E-state index in [0.29, 0.717) is 55.2 Å². The summed E-state index contributed by atoms with van der Waals surface area (Å²) in [5.41, 5.74) is 3.27. The van der Waals surface area contributed by atoms with Gasteiger partial charge in [0.05, 0.1) is 12.7 Å². The molecule has 0 spiro atoms. The summed E-state index contributed by atoms with van der Waals surface area (Å²) >= 11 is 0. The summed E-state index contributed by atoms with van der Waals surface area (Å²) in [6.07, 6.45) is 2.38. The lowest BCUT2D eigenvalue weighted by atomic mass is 10.1. The van der Waals surface area contributed by atoms with Crippen molar-refractivity contribution >= 4 is 17.7 Å². The molecule has 1 saturated heterocycles. The van der Waals surface area contributed by atoms with Gasteiger partial charge >= 0.3 is 5.97 Å². The molecule has 2 aromatic heterocycles. The van der Waals surface area contributed by atoms with E-state index in [-0.39, 0.29) is 5.91 Å². The van der Waals surface area contributed by atoms with Crippen molar-refractivity contribution in [2.24, 2.45) is 0 Å². The number of amides is 1. The molecule has 32 heavy (non-hydrogen) atoms. The molecule has 0 aliphatic carbocycles. The number of piperazine rings is 1. The molecule has 1 aromatic carbocycles.